The summed E-state index contributed by atoms with van der Waals surface area (Å²) in [6.07, 6.45) is 5.20. The molecule has 0 aliphatic carbocycles. The number of hydrogen-bond acceptors (Lipinski definition) is 2. The van der Waals surface area contributed by atoms with E-state index in [1.165, 1.54) is 25.7 Å². The third-order valence-electron chi connectivity index (χ3n) is 2.10. The van der Waals surface area contributed by atoms with Crippen molar-refractivity contribution in [3.8, 4) is 0 Å². The predicted octanol–water partition coefficient (Wildman–Crippen LogP) is 0.515. The van der Waals surface area contributed by atoms with Gasteiger partial charge in [-0.1, -0.05) is 33.1 Å². The van der Waals surface area contributed by atoms with Crippen LogP contribution in [0.15, 0.2) is 0 Å². The largest absolute Gasteiger partial charge is 0.449 e. The first-order chi connectivity index (χ1) is 5.85. The molecule has 0 aromatic heterocycles. The van der Waals surface area contributed by atoms with Gasteiger partial charge in [-0.05, 0) is 12.3 Å². The highest BCUT2D eigenvalue weighted by atomic mass is 28.3. The highest BCUT2D eigenvalue weighted by Gasteiger charge is 2.04. The average molecular weight is 206 g/mol. The van der Waals surface area contributed by atoms with Crippen LogP contribution < -0.4 is 0 Å². The SMILES string of the molecule is CCCCC(CC)CO[SiH2]O[SiH3]. The lowest BCUT2D eigenvalue weighted by Gasteiger charge is -2.14. The molecular weight excluding hydrogens is 184 g/mol. The monoisotopic (exact) mass is 206 g/mol. The molecule has 2 nitrogen and oxygen atoms in total. The van der Waals surface area contributed by atoms with E-state index in [1.807, 2.05) is 0 Å². The summed E-state index contributed by atoms with van der Waals surface area (Å²) in [6, 6.07) is 0. The van der Waals surface area contributed by atoms with Gasteiger partial charge in [0.15, 0.2) is 0 Å². The molecule has 0 radical (unpaired) electrons. The standard InChI is InChI=1S/C8H22O2Si2/c1-3-5-6-8(4-2)7-9-12-10-11/h8H,3-7,12H2,1-2,11H3. The molecule has 0 saturated heterocycles. The van der Waals surface area contributed by atoms with E-state index in [9.17, 15) is 0 Å². The molecule has 0 heterocycles. The molecular formula is C8H22O2Si2. The smallest absolute Gasteiger partial charge is 0.293 e. The molecule has 0 amide bonds. The molecule has 0 aliphatic rings. The molecule has 1 atom stereocenters. The van der Waals surface area contributed by atoms with Gasteiger partial charge in [-0.15, -0.1) is 0 Å². The summed E-state index contributed by atoms with van der Waals surface area (Å²) >= 11 is 0. The maximum Gasteiger partial charge on any atom is 0.293 e. The lowest BCUT2D eigenvalue weighted by Crippen LogP contribution is -2.12. The summed E-state index contributed by atoms with van der Waals surface area (Å²) in [7, 11) is 0.248. The second-order valence-electron chi connectivity index (χ2n) is 3.19. The van der Waals surface area contributed by atoms with Crippen molar-refractivity contribution >= 4 is 20.5 Å². The van der Waals surface area contributed by atoms with Gasteiger partial charge in [0.1, 0.15) is 10.5 Å². The number of hydrogen-bond donors (Lipinski definition) is 0. The molecule has 0 N–H and O–H groups in total. The number of rotatable bonds is 8. The molecule has 74 valence electrons. The summed E-state index contributed by atoms with van der Waals surface area (Å²) in [5.74, 6) is 0.772. The molecule has 0 aromatic carbocycles. The van der Waals surface area contributed by atoms with E-state index in [0.717, 1.165) is 23.0 Å². The number of unbranched alkanes of at least 4 members (excludes halogenated alkanes) is 1. The normalized spacial score (nSPS) is 14.5. The van der Waals surface area contributed by atoms with E-state index in [4.69, 9.17) is 8.54 Å². The Morgan fingerprint density at radius 2 is 2.17 bits per heavy atom. The molecule has 0 aliphatic heterocycles. The van der Waals surface area contributed by atoms with E-state index in [-0.39, 0.29) is 0 Å². The summed E-state index contributed by atoms with van der Waals surface area (Å²) in [6.45, 7) is 5.42. The van der Waals surface area contributed by atoms with E-state index in [0.29, 0.717) is 0 Å². The summed E-state index contributed by atoms with van der Waals surface area (Å²) in [4.78, 5) is 0. The Kier molecular flexibility index (Phi) is 9.72. The second kappa shape index (κ2) is 9.44. The molecule has 4 heteroatoms. The minimum Gasteiger partial charge on any atom is -0.449 e. The van der Waals surface area contributed by atoms with Crippen molar-refractivity contribution in [1.29, 1.82) is 0 Å². The van der Waals surface area contributed by atoms with Crippen molar-refractivity contribution in [1.82, 2.24) is 0 Å². The van der Waals surface area contributed by atoms with Gasteiger partial charge in [0, 0.05) is 6.61 Å². The molecule has 0 fully saturated rings. The van der Waals surface area contributed by atoms with Crippen molar-refractivity contribution in [3.05, 3.63) is 0 Å². The van der Waals surface area contributed by atoms with Crippen molar-refractivity contribution in [2.75, 3.05) is 6.61 Å². The second-order valence-corrected chi connectivity index (χ2v) is 6.15. The van der Waals surface area contributed by atoms with Gasteiger partial charge in [-0.25, -0.2) is 0 Å². The average Bonchev–Trinajstić information content (AvgIpc) is 2.11. The van der Waals surface area contributed by atoms with Crippen molar-refractivity contribution in [2.45, 2.75) is 39.5 Å². The van der Waals surface area contributed by atoms with E-state index in [2.05, 4.69) is 13.8 Å². The lowest BCUT2D eigenvalue weighted by molar-refractivity contribution is 0.220. The van der Waals surface area contributed by atoms with Crippen LogP contribution in [0.2, 0.25) is 0 Å². The van der Waals surface area contributed by atoms with E-state index in [1.54, 1.807) is 0 Å². The van der Waals surface area contributed by atoms with Gasteiger partial charge in [0.05, 0.1) is 0 Å². The Hall–Kier alpha value is 0.354. The highest BCUT2D eigenvalue weighted by molar-refractivity contribution is 6.27. The topological polar surface area (TPSA) is 18.5 Å². The van der Waals surface area contributed by atoms with E-state index >= 15 is 0 Å². The summed E-state index contributed by atoms with van der Waals surface area (Å²) < 4.78 is 10.6. The Bertz CT molecular complexity index is 91.1. The molecule has 0 spiro atoms. The summed E-state index contributed by atoms with van der Waals surface area (Å²) in [5, 5.41) is 0. The first kappa shape index (κ1) is 12.4. The molecule has 0 saturated carbocycles. The Balaban J connectivity index is 3.26. The van der Waals surface area contributed by atoms with Gasteiger partial charge < -0.3 is 8.54 Å². The maximum atomic E-state index is 5.48. The van der Waals surface area contributed by atoms with Gasteiger partial charge in [-0.3, -0.25) is 0 Å². The minimum atomic E-state index is -0.592. The molecule has 0 rings (SSSR count). The van der Waals surface area contributed by atoms with Crippen LogP contribution in [0.4, 0.5) is 0 Å². The Morgan fingerprint density at radius 1 is 1.42 bits per heavy atom. The molecule has 12 heavy (non-hydrogen) atoms. The zero-order chi connectivity index (χ0) is 9.23. The molecule has 1 unspecified atom stereocenters. The fourth-order valence-electron chi connectivity index (χ4n) is 1.20. The molecule has 0 aromatic rings. The van der Waals surface area contributed by atoms with Crippen LogP contribution in [0.3, 0.4) is 0 Å². The zero-order valence-electron chi connectivity index (χ0n) is 8.64. The third-order valence-corrected chi connectivity index (χ3v) is 3.44. The van der Waals surface area contributed by atoms with Crippen LogP contribution in [0.1, 0.15) is 39.5 Å². The first-order valence-electron chi connectivity index (χ1n) is 4.91. The van der Waals surface area contributed by atoms with Crippen molar-refractivity contribution in [3.63, 3.8) is 0 Å². The van der Waals surface area contributed by atoms with Crippen LogP contribution in [0, 0.1) is 5.92 Å². The van der Waals surface area contributed by atoms with Crippen LogP contribution >= 0.6 is 0 Å². The van der Waals surface area contributed by atoms with Gasteiger partial charge in [-0.2, -0.15) is 0 Å². The third kappa shape index (κ3) is 7.03. The predicted molar refractivity (Wildman–Crippen MR) is 58.8 cm³/mol. The highest BCUT2D eigenvalue weighted by Crippen LogP contribution is 2.12. The minimum absolute atomic E-state index is 0.592. The maximum absolute atomic E-state index is 5.48. The van der Waals surface area contributed by atoms with Crippen molar-refractivity contribution in [2.24, 2.45) is 5.92 Å². The zero-order valence-corrected chi connectivity index (χ0v) is 12.1. The molecule has 0 bridgehead atoms. The fraction of sp³-hybridized carbons (Fsp3) is 1.00. The fourth-order valence-corrected chi connectivity index (χ4v) is 2.29. The van der Waals surface area contributed by atoms with Crippen LogP contribution in [0.5, 0.6) is 0 Å². The van der Waals surface area contributed by atoms with Crippen LogP contribution in [0.25, 0.3) is 0 Å². The van der Waals surface area contributed by atoms with Gasteiger partial charge >= 0.3 is 0 Å². The van der Waals surface area contributed by atoms with E-state index < -0.39 is 10.0 Å². The van der Waals surface area contributed by atoms with Crippen LogP contribution in [-0.2, 0) is 8.54 Å². The Labute approximate surface area is 81.6 Å². The Morgan fingerprint density at radius 3 is 2.67 bits per heavy atom. The van der Waals surface area contributed by atoms with Gasteiger partial charge in [0.25, 0.3) is 10.0 Å². The van der Waals surface area contributed by atoms with Crippen LogP contribution in [-0.4, -0.2) is 27.1 Å². The lowest BCUT2D eigenvalue weighted by atomic mass is 10.0. The quantitative estimate of drug-likeness (QED) is 0.426. The summed E-state index contributed by atoms with van der Waals surface area (Å²) in [5.41, 5.74) is 0. The van der Waals surface area contributed by atoms with Gasteiger partial charge in [0.2, 0.25) is 0 Å². The first-order valence-corrected chi connectivity index (χ1v) is 6.88. The van der Waals surface area contributed by atoms with Crippen molar-refractivity contribution < 1.29 is 8.54 Å².